The third kappa shape index (κ3) is 6.94. The molecule has 0 radical (unpaired) electrons. The maximum absolute atomic E-state index is 12.2. The molecule has 1 aliphatic carbocycles. The highest BCUT2D eigenvalue weighted by Gasteiger charge is 2.25. The maximum Gasteiger partial charge on any atom is 0.251 e. The van der Waals surface area contributed by atoms with Crippen LogP contribution in [0.1, 0.15) is 43.0 Å². The molecule has 0 spiro atoms. The first-order chi connectivity index (χ1) is 13.4. The van der Waals surface area contributed by atoms with Gasteiger partial charge in [0.05, 0.1) is 10.0 Å². The summed E-state index contributed by atoms with van der Waals surface area (Å²) in [6.45, 7) is 2.94. The van der Waals surface area contributed by atoms with Crippen LogP contribution >= 0.6 is 23.2 Å². The van der Waals surface area contributed by atoms with Crippen LogP contribution in [0.3, 0.4) is 0 Å². The summed E-state index contributed by atoms with van der Waals surface area (Å²) < 4.78 is 12.1. The van der Waals surface area contributed by atoms with Crippen molar-refractivity contribution in [3.63, 3.8) is 0 Å². The molecule has 1 amide bonds. The minimum atomic E-state index is -0.750. The largest absolute Gasteiger partial charge is 0.355 e. The minimum absolute atomic E-state index is 0.208. The Hall–Kier alpha value is -1.31. The Morgan fingerprint density at radius 3 is 2.64 bits per heavy atom. The second-order valence-electron chi connectivity index (χ2n) is 6.68. The van der Waals surface area contributed by atoms with Crippen molar-refractivity contribution in [1.29, 1.82) is 0 Å². The number of aliphatic imine (C=N–C) groups is 1. The van der Waals surface area contributed by atoms with Gasteiger partial charge in [0.1, 0.15) is 0 Å². The molecule has 0 saturated heterocycles. The Bertz CT molecular complexity index is 730. The zero-order chi connectivity index (χ0) is 20.5. The van der Waals surface area contributed by atoms with Gasteiger partial charge in [-0.05, 0) is 37.5 Å². The molecule has 3 atom stereocenters. The second-order valence-corrected chi connectivity index (χ2v) is 9.50. The third-order valence-electron chi connectivity index (χ3n) is 4.73. The smallest absolute Gasteiger partial charge is 0.251 e. The van der Waals surface area contributed by atoms with E-state index in [9.17, 15) is 9.00 Å². The third-order valence-corrected chi connectivity index (χ3v) is 7.21. The van der Waals surface area contributed by atoms with Gasteiger partial charge in [-0.25, -0.2) is 0 Å². The average molecular weight is 447 g/mol. The number of hydrogen-bond acceptors (Lipinski definition) is 3. The van der Waals surface area contributed by atoms with Crippen molar-refractivity contribution in [2.75, 3.05) is 25.9 Å². The lowest BCUT2D eigenvalue weighted by Gasteiger charge is -2.30. The van der Waals surface area contributed by atoms with Gasteiger partial charge in [-0.1, -0.05) is 36.5 Å². The predicted octanol–water partition coefficient (Wildman–Crippen LogP) is 2.97. The standard InChI is InChI=1S/C19H28Cl2N4O2S/c1-3-28(27)15-6-4-5-14(12-15)25-19(22-2)24-10-9-23-18(26)13-7-8-16(20)17(21)11-13/h7-8,11,14-15H,3-6,9-10,12H2,1-2H3,(H,23,26)(H2,22,24,25). The first-order valence-electron chi connectivity index (χ1n) is 9.52. The van der Waals surface area contributed by atoms with Crippen LogP contribution in [0.2, 0.25) is 10.0 Å². The molecule has 28 heavy (non-hydrogen) atoms. The summed E-state index contributed by atoms with van der Waals surface area (Å²) in [7, 11) is 0.966. The van der Waals surface area contributed by atoms with Gasteiger partial charge in [-0.15, -0.1) is 0 Å². The molecular weight excluding hydrogens is 419 g/mol. The molecule has 1 saturated carbocycles. The van der Waals surface area contributed by atoms with E-state index in [0.29, 0.717) is 40.4 Å². The van der Waals surface area contributed by atoms with E-state index >= 15 is 0 Å². The van der Waals surface area contributed by atoms with Crippen molar-refractivity contribution in [3.8, 4) is 0 Å². The highest BCUT2D eigenvalue weighted by molar-refractivity contribution is 7.85. The van der Waals surface area contributed by atoms with Crippen molar-refractivity contribution >= 4 is 45.9 Å². The van der Waals surface area contributed by atoms with Crippen LogP contribution in [0.25, 0.3) is 0 Å². The first kappa shape index (κ1) is 23.0. The van der Waals surface area contributed by atoms with Crippen molar-refractivity contribution in [2.45, 2.75) is 43.9 Å². The molecule has 2 rings (SSSR count). The van der Waals surface area contributed by atoms with Crippen LogP contribution in [0.4, 0.5) is 0 Å². The highest BCUT2D eigenvalue weighted by Crippen LogP contribution is 2.23. The molecule has 3 unspecified atom stereocenters. The zero-order valence-corrected chi connectivity index (χ0v) is 18.6. The van der Waals surface area contributed by atoms with Crippen LogP contribution in [-0.4, -0.2) is 53.3 Å². The van der Waals surface area contributed by atoms with Gasteiger partial charge in [-0.3, -0.25) is 14.0 Å². The fourth-order valence-electron chi connectivity index (χ4n) is 3.23. The van der Waals surface area contributed by atoms with E-state index in [2.05, 4.69) is 20.9 Å². The Morgan fingerprint density at radius 1 is 1.21 bits per heavy atom. The average Bonchev–Trinajstić information content (AvgIpc) is 2.71. The number of hydrogen-bond donors (Lipinski definition) is 3. The van der Waals surface area contributed by atoms with Gasteiger partial charge < -0.3 is 16.0 Å². The Kier molecular flexibility index (Phi) is 9.55. The molecule has 1 aromatic carbocycles. The number of halogens is 2. The number of carbonyl (C=O) groups is 1. The number of nitrogens with zero attached hydrogens (tertiary/aromatic N) is 1. The number of carbonyl (C=O) groups excluding carboxylic acids is 1. The predicted molar refractivity (Wildman–Crippen MR) is 118 cm³/mol. The van der Waals surface area contributed by atoms with Crippen LogP contribution in [0.15, 0.2) is 23.2 Å². The monoisotopic (exact) mass is 446 g/mol. The van der Waals surface area contributed by atoms with Crippen LogP contribution < -0.4 is 16.0 Å². The van der Waals surface area contributed by atoms with Crippen LogP contribution in [0.5, 0.6) is 0 Å². The first-order valence-corrected chi connectivity index (χ1v) is 11.7. The lowest BCUT2D eigenvalue weighted by molar-refractivity contribution is 0.0954. The molecule has 0 aliphatic heterocycles. The number of nitrogens with one attached hydrogen (secondary N) is 3. The van der Waals surface area contributed by atoms with Gasteiger partial charge in [-0.2, -0.15) is 0 Å². The van der Waals surface area contributed by atoms with Crippen molar-refractivity contribution in [1.82, 2.24) is 16.0 Å². The molecule has 6 nitrogen and oxygen atoms in total. The summed E-state index contributed by atoms with van der Waals surface area (Å²) in [6, 6.07) is 5.06. The molecule has 156 valence electrons. The summed E-state index contributed by atoms with van der Waals surface area (Å²) in [6.07, 6.45) is 4.05. The molecule has 1 fully saturated rings. The normalized spacial score (nSPS) is 21.1. The van der Waals surface area contributed by atoms with Gasteiger partial charge in [0, 0.05) is 53.5 Å². The SMILES string of the molecule is CCS(=O)C1CCCC(NC(=NC)NCCNC(=O)c2ccc(Cl)c(Cl)c2)C1. The van der Waals surface area contributed by atoms with E-state index in [-0.39, 0.29) is 17.2 Å². The summed E-state index contributed by atoms with van der Waals surface area (Å²) >= 11 is 11.8. The van der Waals surface area contributed by atoms with E-state index in [1.807, 2.05) is 6.92 Å². The van der Waals surface area contributed by atoms with Crippen LogP contribution in [0, 0.1) is 0 Å². The van der Waals surface area contributed by atoms with E-state index in [0.717, 1.165) is 25.7 Å². The molecule has 1 aromatic rings. The van der Waals surface area contributed by atoms with Crippen molar-refractivity contribution in [3.05, 3.63) is 33.8 Å². The van der Waals surface area contributed by atoms with Gasteiger partial charge in [0.25, 0.3) is 5.91 Å². The van der Waals surface area contributed by atoms with Crippen molar-refractivity contribution < 1.29 is 9.00 Å². The minimum Gasteiger partial charge on any atom is -0.355 e. The zero-order valence-electron chi connectivity index (χ0n) is 16.3. The molecule has 9 heteroatoms. The van der Waals surface area contributed by atoms with Crippen molar-refractivity contribution in [2.24, 2.45) is 4.99 Å². The van der Waals surface area contributed by atoms with E-state index < -0.39 is 10.8 Å². The van der Waals surface area contributed by atoms with E-state index in [4.69, 9.17) is 23.2 Å². The number of rotatable bonds is 7. The lowest BCUT2D eigenvalue weighted by atomic mass is 9.95. The molecule has 0 aromatic heterocycles. The van der Waals surface area contributed by atoms with Gasteiger partial charge in [0.15, 0.2) is 5.96 Å². The number of benzene rings is 1. The second kappa shape index (κ2) is 11.6. The highest BCUT2D eigenvalue weighted by atomic mass is 35.5. The fourth-order valence-corrected chi connectivity index (χ4v) is 4.88. The topological polar surface area (TPSA) is 82.6 Å². The van der Waals surface area contributed by atoms with Gasteiger partial charge in [0.2, 0.25) is 0 Å². The van der Waals surface area contributed by atoms with E-state index in [1.54, 1.807) is 25.2 Å². The Balaban J connectivity index is 1.74. The molecule has 0 bridgehead atoms. The lowest BCUT2D eigenvalue weighted by Crippen LogP contribution is -2.48. The Morgan fingerprint density at radius 2 is 1.96 bits per heavy atom. The fraction of sp³-hybridized carbons (Fsp3) is 0.579. The summed E-state index contributed by atoms with van der Waals surface area (Å²) in [5.74, 6) is 1.19. The maximum atomic E-state index is 12.2. The molecule has 3 N–H and O–H groups in total. The van der Waals surface area contributed by atoms with E-state index in [1.165, 1.54) is 0 Å². The Labute approximate surface area is 179 Å². The quantitative estimate of drug-likeness (QED) is 0.341. The summed E-state index contributed by atoms with van der Waals surface area (Å²) in [4.78, 5) is 16.4. The summed E-state index contributed by atoms with van der Waals surface area (Å²) in [5, 5.41) is 10.5. The number of guanidine groups is 1. The van der Waals surface area contributed by atoms with Gasteiger partial charge >= 0.3 is 0 Å². The molecule has 0 heterocycles. The number of amides is 1. The summed E-state index contributed by atoms with van der Waals surface area (Å²) in [5.41, 5.74) is 0.467. The molecule has 1 aliphatic rings. The van der Waals surface area contributed by atoms with Crippen LogP contribution in [-0.2, 0) is 10.8 Å². The molecular formula is C19H28Cl2N4O2S.